The first-order valence-corrected chi connectivity index (χ1v) is 14.1. The zero-order valence-corrected chi connectivity index (χ0v) is 23.0. The summed E-state index contributed by atoms with van der Waals surface area (Å²) in [6, 6.07) is 27.5. The number of hydrogen-bond acceptors (Lipinski definition) is 5. The molecule has 41 heavy (non-hydrogen) atoms. The topological polar surface area (TPSA) is 63.7 Å². The number of carbonyl (C=O) groups excluding carboxylic acids is 3. The lowest BCUT2D eigenvalue weighted by Crippen LogP contribution is -2.48. The third kappa shape index (κ3) is 3.52. The van der Waals surface area contributed by atoms with E-state index in [0.717, 1.165) is 11.3 Å². The molecule has 2 heterocycles. The van der Waals surface area contributed by atoms with Gasteiger partial charge in [0.05, 0.1) is 12.6 Å². The summed E-state index contributed by atoms with van der Waals surface area (Å²) in [5, 5.41) is 0.517. The van der Waals surface area contributed by atoms with Gasteiger partial charge in [0, 0.05) is 38.9 Å². The highest BCUT2D eigenvalue weighted by Crippen LogP contribution is 2.61. The van der Waals surface area contributed by atoms with Crippen LogP contribution in [0.2, 0.25) is 5.02 Å². The second kappa shape index (κ2) is 9.57. The van der Waals surface area contributed by atoms with E-state index in [2.05, 4.69) is 0 Å². The van der Waals surface area contributed by atoms with Crippen molar-refractivity contribution in [1.29, 1.82) is 0 Å². The van der Waals surface area contributed by atoms with Gasteiger partial charge in [0.25, 0.3) is 0 Å². The molecule has 5 nitrogen and oxygen atoms in total. The fraction of sp³-hybridized carbons (Fsp3) is 0.171. The number of halogens is 1. The highest BCUT2D eigenvalue weighted by atomic mass is 35.5. The Morgan fingerprint density at radius 2 is 1.49 bits per heavy atom. The first-order chi connectivity index (χ1) is 20.0. The standard InChI is InChI=1S/C35H26ClNO4/c1-2-41-28-14-8-6-12-26(28)30-31(32(38)22-15-18-23(36)19-16-22)37-27-13-7-3-9-21(27)17-20-29(37)35(30)33(39)24-10-4-5-11-25(24)34(35)40/h3-20,29-31H,2H2,1H3/t29-,30-,31-/m1/s1. The van der Waals surface area contributed by atoms with Crippen LogP contribution in [0, 0.1) is 5.41 Å². The second-order valence-electron chi connectivity index (χ2n) is 10.6. The second-order valence-corrected chi connectivity index (χ2v) is 11.0. The van der Waals surface area contributed by atoms with Gasteiger partial charge < -0.3 is 9.64 Å². The van der Waals surface area contributed by atoms with Gasteiger partial charge in [-0.1, -0.05) is 84.4 Å². The van der Waals surface area contributed by atoms with Gasteiger partial charge >= 0.3 is 0 Å². The van der Waals surface area contributed by atoms with Gasteiger partial charge in [0.2, 0.25) is 0 Å². The molecule has 4 aromatic carbocycles. The van der Waals surface area contributed by atoms with Gasteiger partial charge in [0.1, 0.15) is 17.2 Å². The first-order valence-electron chi connectivity index (χ1n) is 13.7. The minimum absolute atomic E-state index is 0.193. The van der Waals surface area contributed by atoms with E-state index >= 15 is 0 Å². The molecule has 2 aliphatic heterocycles. The Bertz CT molecular complexity index is 1720. The minimum atomic E-state index is -1.58. The molecule has 4 aromatic rings. The van der Waals surface area contributed by atoms with E-state index in [1.807, 2.05) is 72.5 Å². The molecule has 0 bridgehead atoms. The van der Waals surface area contributed by atoms with Crippen molar-refractivity contribution in [1.82, 2.24) is 0 Å². The SMILES string of the molecule is CCOc1ccccc1[C@@H]1[C@H](C(=O)c2ccc(Cl)cc2)N2c3ccccc3C=C[C@@H]2C12C(=O)c1ccccc1C2=O. The van der Waals surface area contributed by atoms with Crippen molar-refractivity contribution in [3.8, 4) is 5.75 Å². The molecule has 0 aromatic heterocycles. The number of nitrogens with zero attached hydrogens (tertiary/aromatic N) is 1. The highest BCUT2D eigenvalue weighted by Gasteiger charge is 2.71. The lowest BCUT2D eigenvalue weighted by molar-refractivity contribution is 0.0664. The van der Waals surface area contributed by atoms with Crippen LogP contribution in [0.5, 0.6) is 5.75 Å². The molecular weight excluding hydrogens is 534 g/mol. The van der Waals surface area contributed by atoms with Crippen molar-refractivity contribution >= 4 is 40.7 Å². The number of para-hydroxylation sites is 2. The van der Waals surface area contributed by atoms with Crippen LogP contribution in [-0.4, -0.2) is 36.0 Å². The van der Waals surface area contributed by atoms with Gasteiger partial charge in [-0.3, -0.25) is 14.4 Å². The minimum Gasteiger partial charge on any atom is -0.494 e. The van der Waals surface area contributed by atoms with Crippen molar-refractivity contribution in [2.75, 3.05) is 11.5 Å². The van der Waals surface area contributed by atoms with Gasteiger partial charge in [-0.25, -0.2) is 0 Å². The summed E-state index contributed by atoms with van der Waals surface area (Å²) >= 11 is 6.19. The number of hydrogen-bond donors (Lipinski definition) is 0. The van der Waals surface area contributed by atoms with E-state index in [-0.39, 0.29) is 17.3 Å². The lowest BCUT2D eigenvalue weighted by Gasteiger charge is -2.37. The van der Waals surface area contributed by atoms with E-state index in [1.165, 1.54) is 0 Å². The van der Waals surface area contributed by atoms with E-state index < -0.39 is 23.4 Å². The van der Waals surface area contributed by atoms with Crippen LogP contribution in [0.1, 0.15) is 55.0 Å². The summed E-state index contributed by atoms with van der Waals surface area (Å²) in [5.74, 6) is -0.996. The van der Waals surface area contributed by atoms with Crippen LogP contribution >= 0.6 is 11.6 Å². The summed E-state index contributed by atoms with van der Waals surface area (Å²) in [7, 11) is 0. The maximum Gasteiger partial charge on any atom is 0.185 e. The Morgan fingerprint density at radius 1 is 0.854 bits per heavy atom. The van der Waals surface area contributed by atoms with Crippen LogP contribution in [0.4, 0.5) is 5.69 Å². The van der Waals surface area contributed by atoms with Crippen molar-refractivity contribution in [2.24, 2.45) is 5.41 Å². The Labute approximate surface area is 243 Å². The fourth-order valence-corrected chi connectivity index (χ4v) is 7.20. The number of ketones is 3. The molecule has 1 saturated heterocycles. The summed E-state index contributed by atoms with van der Waals surface area (Å²) in [5.41, 5.74) is 2.05. The maximum atomic E-state index is 14.7. The van der Waals surface area contributed by atoms with E-state index in [0.29, 0.717) is 39.6 Å². The molecule has 0 N–H and O–H groups in total. The summed E-state index contributed by atoms with van der Waals surface area (Å²) in [6.07, 6.45) is 3.89. The zero-order chi connectivity index (χ0) is 28.3. The van der Waals surface area contributed by atoms with Gasteiger partial charge in [-0.2, -0.15) is 0 Å². The van der Waals surface area contributed by atoms with Crippen LogP contribution < -0.4 is 9.64 Å². The lowest BCUT2D eigenvalue weighted by atomic mass is 9.64. The Kier molecular flexibility index (Phi) is 5.95. The number of ether oxygens (including phenoxy) is 1. The highest BCUT2D eigenvalue weighted by molar-refractivity contribution is 6.32. The summed E-state index contributed by atoms with van der Waals surface area (Å²) < 4.78 is 6.08. The normalized spacial score (nSPS) is 21.5. The maximum absolute atomic E-state index is 14.7. The first kappa shape index (κ1) is 25.5. The predicted octanol–water partition coefficient (Wildman–Crippen LogP) is 7.06. The monoisotopic (exact) mass is 559 g/mol. The quantitative estimate of drug-likeness (QED) is 0.193. The van der Waals surface area contributed by atoms with Gasteiger partial charge in [-0.05, 0) is 48.9 Å². The average Bonchev–Trinajstić information content (AvgIpc) is 3.44. The van der Waals surface area contributed by atoms with Crippen molar-refractivity contribution in [2.45, 2.75) is 24.9 Å². The molecule has 3 atom stereocenters. The largest absolute Gasteiger partial charge is 0.494 e. The molecule has 1 fully saturated rings. The van der Waals surface area contributed by atoms with E-state index in [4.69, 9.17) is 16.3 Å². The van der Waals surface area contributed by atoms with Crippen LogP contribution in [0.3, 0.4) is 0 Å². The fourth-order valence-electron chi connectivity index (χ4n) is 7.07. The molecule has 6 heteroatoms. The summed E-state index contributed by atoms with van der Waals surface area (Å²) in [6.45, 7) is 2.28. The Hall–Kier alpha value is -4.48. The molecular formula is C35H26ClNO4. The molecule has 1 spiro atoms. The van der Waals surface area contributed by atoms with E-state index in [9.17, 15) is 14.4 Å². The smallest absolute Gasteiger partial charge is 0.185 e. The van der Waals surface area contributed by atoms with Crippen molar-refractivity contribution in [3.05, 3.63) is 136 Å². The van der Waals surface area contributed by atoms with Crippen LogP contribution in [0.15, 0.2) is 103 Å². The van der Waals surface area contributed by atoms with Crippen molar-refractivity contribution < 1.29 is 19.1 Å². The summed E-state index contributed by atoms with van der Waals surface area (Å²) in [4.78, 5) is 46.2. The third-order valence-electron chi connectivity index (χ3n) is 8.66. The Morgan fingerprint density at radius 3 is 2.20 bits per heavy atom. The molecule has 0 saturated carbocycles. The zero-order valence-electron chi connectivity index (χ0n) is 22.3. The number of rotatable bonds is 5. The van der Waals surface area contributed by atoms with Crippen LogP contribution in [0.25, 0.3) is 6.08 Å². The number of Topliss-reactive ketones (excluding diaryl/α,β-unsaturated/α-hetero) is 3. The third-order valence-corrected chi connectivity index (χ3v) is 8.92. The average molecular weight is 560 g/mol. The van der Waals surface area contributed by atoms with Crippen LogP contribution in [-0.2, 0) is 0 Å². The number of benzene rings is 4. The van der Waals surface area contributed by atoms with E-state index in [1.54, 1.807) is 48.5 Å². The molecule has 1 aliphatic carbocycles. The molecule has 202 valence electrons. The number of anilines is 1. The van der Waals surface area contributed by atoms with Gasteiger partial charge in [-0.15, -0.1) is 0 Å². The van der Waals surface area contributed by atoms with Gasteiger partial charge in [0.15, 0.2) is 17.3 Å². The number of carbonyl (C=O) groups is 3. The Balaban J connectivity index is 1.56. The molecule has 3 aliphatic rings. The molecule has 7 rings (SSSR count). The predicted molar refractivity (Wildman–Crippen MR) is 159 cm³/mol. The molecule has 0 amide bonds. The van der Waals surface area contributed by atoms with Crippen molar-refractivity contribution in [3.63, 3.8) is 0 Å². The number of fused-ring (bicyclic) bond motifs is 5. The molecule has 0 unspecified atom stereocenters. The molecule has 0 radical (unpaired) electrons.